The van der Waals surface area contributed by atoms with Gasteiger partial charge in [0.1, 0.15) is 0 Å². The molecule has 0 aliphatic rings. The maximum Gasteiger partial charge on any atom is 0.300 e. The fourth-order valence-electron chi connectivity index (χ4n) is 0. The number of carboxylic acid groups (broad SMARTS) is 2. The molecule has 14 heteroatoms. The van der Waals surface area contributed by atoms with Gasteiger partial charge in [0.05, 0.1) is 0 Å². The van der Waals surface area contributed by atoms with Crippen molar-refractivity contribution in [3.05, 3.63) is 0 Å². The van der Waals surface area contributed by atoms with Gasteiger partial charge in [-0.15, -0.1) is 0 Å². The van der Waals surface area contributed by atoms with Gasteiger partial charge in [0.15, 0.2) is 0 Å². The van der Waals surface area contributed by atoms with E-state index < -0.39 is 11.9 Å². The Bertz CT molecular complexity index is 77.0. The maximum atomic E-state index is 9.00. The second-order valence-corrected chi connectivity index (χ2v) is 1.04. The first-order valence-electron chi connectivity index (χ1n) is 1.86. The third kappa shape index (κ3) is 4830. The van der Waals surface area contributed by atoms with E-state index in [9.17, 15) is 0 Å². The van der Waals surface area contributed by atoms with Crippen LogP contribution in [0.25, 0.3) is 0 Å². The first-order chi connectivity index (χ1) is 3.46. The number of aliphatic carboxylic acids is 2. The summed E-state index contributed by atoms with van der Waals surface area (Å²) in [5, 5.41) is 14.8. The fraction of sp³-hybridized carbons (Fsp3) is 0.500. The molecule has 0 rings (SSSR count). The second kappa shape index (κ2) is 138. The Morgan fingerprint density at radius 1 is 0.556 bits per heavy atom. The molecule has 0 fully saturated rings. The van der Waals surface area contributed by atoms with Crippen LogP contribution in [-0.2, 0) is 29.1 Å². The van der Waals surface area contributed by atoms with Crippen molar-refractivity contribution in [1.29, 1.82) is 0 Å². The molecule has 0 aromatic rings. The molecule has 0 aromatic heterocycles. The topological polar surface area (TPSA) is 358 Å². The molecule has 122 valence electrons. The molecule has 13 nitrogen and oxygen atoms in total. The van der Waals surface area contributed by atoms with Gasteiger partial charge in [0, 0.05) is 33.3 Å². The number of carbonyl (C=O) groups is 2. The van der Waals surface area contributed by atoms with E-state index in [1.807, 2.05) is 0 Å². The monoisotopic (exact) mass is 346 g/mol. The van der Waals surface area contributed by atoms with Gasteiger partial charge in [0.25, 0.3) is 11.9 Å². The standard InChI is InChI=1S/2C2H4O2.9H2O.Zn/c2*1-2(3)4;;;;;;;;;;/h2*1H3,(H,3,4);9*1H2;. The summed E-state index contributed by atoms with van der Waals surface area (Å²) in [7, 11) is 0. The Kier molecular flexibility index (Phi) is 1280. The molecule has 0 unspecified atom stereocenters. The SMILES string of the molecule is CC(=O)O.CC(=O)O.O.O.O.O.O.O.O.O.O.[Zn]. The number of rotatable bonds is 0. The van der Waals surface area contributed by atoms with Gasteiger partial charge in [-0.25, -0.2) is 0 Å². The Morgan fingerprint density at radius 2 is 0.556 bits per heavy atom. The molecule has 0 aromatic carbocycles. The molecule has 0 aliphatic carbocycles. The third-order valence-electron chi connectivity index (χ3n) is 0. The van der Waals surface area contributed by atoms with Crippen LogP contribution in [0.1, 0.15) is 13.8 Å². The molecule has 18 heavy (non-hydrogen) atoms. The van der Waals surface area contributed by atoms with E-state index >= 15 is 0 Å². The van der Waals surface area contributed by atoms with Gasteiger partial charge in [-0.1, -0.05) is 0 Å². The molecular formula is C4H26O13Zn. The summed E-state index contributed by atoms with van der Waals surface area (Å²) >= 11 is 0. The molecule has 0 bridgehead atoms. The predicted molar refractivity (Wildman–Crippen MR) is 59.1 cm³/mol. The summed E-state index contributed by atoms with van der Waals surface area (Å²) in [6.07, 6.45) is 0. The minimum Gasteiger partial charge on any atom is -0.481 e. The summed E-state index contributed by atoms with van der Waals surface area (Å²) in [5.41, 5.74) is 0. The first kappa shape index (κ1) is 167. The Balaban J connectivity index is -0.00000000257. The smallest absolute Gasteiger partial charge is 0.300 e. The predicted octanol–water partition coefficient (Wildman–Crippen LogP) is -7.24. The van der Waals surface area contributed by atoms with E-state index in [4.69, 9.17) is 19.8 Å². The van der Waals surface area contributed by atoms with E-state index in [0.717, 1.165) is 13.8 Å². The molecular weight excluding hydrogens is 321 g/mol. The normalized spacial score (nSPS) is 2.78. The zero-order valence-electron chi connectivity index (χ0n) is 9.92. The van der Waals surface area contributed by atoms with Gasteiger partial charge in [-0.05, 0) is 0 Å². The molecule has 0 saturated carbocycles. The zero-order valence-corrected chi connectivity index (χ0v) is 12.9. The van der Waals surface area contributed by atoms with E-state index in [0.29, 0.717) is 0 Å². The number of hydrogen-bond acceptors (Lipinski definition) is 2. The summed E-state index contributed by atoms with van der Waals surface area (Å²) in [6, 6.07) is 0. The number of carboxylic acids is 2. The summed E-state index contributed by atoms with van der Waals surface area (Å²) in [5.74, 6) is -1.67. The van der Waals surface area contributed by atoms with Crippen LogP contribution in [0.3, 0.4) is 0 Å². The minimum atomic E-state index is -0.833. The van der Waals surface area contributed by atoms with Crippen molar-refractivity contribution >= 4 is 11.9 Å². The maximum absolute atomic E-state index is 9.00. The molecule has 0 atom stereocenters. The van der Waals surface area contributed by atoms with Gasteiger partial charge in [-0.2, -0.15) is 0 Å². The van der Waals surface area contributed by atoms with Crippen molar-refractivity contribution in [3.8, 4) is 0 Å². The average molecular weight is 348 g/mol. The number of hydrogen-bond donors (Lipinski definition) is 2. The van der Waals surface area contributed by atoms with Crippen LogP contribution in [0.5, 0.6) is 0 Å². The van der Waals surface area contributed by atoms with Crippen LogP contribution >= 0.6 is 0 Å². The quantitative estimate of drug-likeness (QED) is 0.402. The fourth-order valence-corrected chi connectivity index (χ4v) is 0. The average Bonchev–Trinajstić information content (AvgIpc) is 1.25. The van der Waals surface area contributed by atoms with Crippen LogP contribution in [-0.4, -0.2) is 71.4 Å². The molecule has 0 spiro atoms. The Hall–Kier alpha value is -0.797. The second-order valence-electron chi connectivity index (χ2n) is 1.04. The Labute approximate surface area is 115 Å². The van der Waals surface area contributed by atoms with E-state index in [2.05, 4.69) is 0 Å². The van der Waals surface area contributed by atoms with E-state index in [1.54, 1.807) is 0 Å². The van der Waals surface area contributed by atoms with Crippen LogP contribution in [0, 0.1) is 0 Å². The van der Waals surface area contributed by atoms with Gasteiger partial charge in [-0.3, -0.25) is 9.59 Å². The summed E-state index contributed by atoms with van der Waals surface area (Å²) in [4.78, 5) is 18.0. The first-order valence-corrected chi connectivity index (χ1v) is 1.86. The van der Waals surface area contributed by atoms with Crippen molar-refractivity contribution in [2.75, 3.05) is 0 Å². The van der Waals surface area contributed by atoms with Crippen molar-refractivity contribution < 1.29 is 88.6 Å². The third-order valence-corrected chi connectivity index (χ3v) is 0. The summed E-state index contributed by atoms with van der Waals surface area (Å²) < 4.78 is 0. The molecule has 0 radical (unpaired) electrons. The van der Waals surface area contributed by atoms with Crippen LogP contribution in [0.2, 0.25) is 0 Å². The molecule has 0 amide bonds. The molecule has 0 heterocycles. The van der Waals surface area contributed by atoms with Gasteiger partial charge >= 0.3 is 0 Å². The minimum absolute atomic E-state index is 0. The molecule has 20 N–H and O–H groups in total. The largest absolute Gasteiger partial charge is 0.481 e. The van der Waals surface area contributed by atoms with Crippen LogP contribution in [0.4, 0.5) is 0 Å². The van der Waals surface area contributed by atoms with Crippen molar-refractivity contribution in [2.45, 2.75) is 13.8 Å². The van der Waals surface area contributed by atoms with Gasteiger partial charge in [0.2, 0.25) is 0 Å². The Morgan fingerprint density at radius 3 is 0.556 bits per heavy atom. The van der Waals surface area contributed by atoms with Crippen LogP contribution in [0.15, 0.2) is 0 Å². The van der Waals surface area contributed by atoms with E-state index in [1.165, 1.54) is 0 Å². The van der Waals surface area contributed by atoms with E-state index in [-0.39, 0.29) is 68.8 Å². The van der Waals surface area contributed by atoms with Gasteiger partial charge < -0.3 is 59.5 Å². The zero-order chi connectivity index (χ0) is 7.15. The van der Waals surface area contributed by atoms with Crippen molar-refractivity contribution in [2.24, 2.45) is 0 Å². The molecule has 0 aliphatic heterocycles. The molecule has 0 saturated heterocycles. The van der Waals surface area contributed by atoms with Crippen molar-refractivity contribution in [3.63, 3.8) is 0 Å². The summed E-state index contributed by atoms with van der Waals surface area (Å²) in [6.45, 7) is 2.17. The van der Waals surface area contributed by atoms with Crippen molar-refractivity contribution in [1.82, 2.24) is 0 Å². The van der Waals surface area contributed by atoms with Crippen LogP contribution < -0.4 is 0 Å².